The highest BCUT2D eigenvalue weighted by Crippen LogP contribution is 2.25. The summed E-state index contributed by atoms with van der Waals surface area (Å²) in [4.78, 5) is 14.9. The Morgan fingerprint density at radius 1 is 1.37 bits per heavy atom. The van der Waals surface area contributed by atoms with Crippen molar-refractivity contribution in [1.82, 2.24) is 15.0 Å². The second-order valence-electron chi connectivity index (χ2n) is 4.71. The second-order valence-corrected chi connectivity index (χ2v) is 4.71. The molecule has 0 spiro atoms. The fourth-order valence-corrected chi connectivity index (χ4v) is 2.40. The second kappa shape index (κ2) is 6.51. The first-order valence-electron chi connectivity index (χ1n) is 6.87. The van der Waals surface area contributed by atoms with Crippen LogP contribution >= 0.6 is 0 Å². The lowest BCUT2D eigenvalue weighted by atomic mass is 10.0. The quantitative estimate of drug-likeness (QED) is 0.590. The van der Waals surface area contributed by atoms with Gasteiger partial charge in [-0.25, -0.2) is 5.84 Å². The van der Waals surface area contributed by atoms with E-state index in [2.05, 4.69) is 32.2 Å². The first kappa shape index (κ1) is 13.8. The number of nitrogen functional groups attached to an aromatic ring is 1. The Kier molecular flexibility index (Phi) is 4.73. The Morgan fingerprint density at radius 3 is 2.89 bits per heavy atom. The largest absolute Gasteiger partial charge is 0.464 e. The van der Waals surface area contributed by atoms with Crippen LogP contribution in [0.2, 0.25) is 0 Å². The lowest BCUT2D eigenvalue weighted by Gasteiger charge is -2.17. The van der Waals surface area contributed by atoms with E-state index in [1.165, 1.54) is 19.3 Å². The topological polar surface area (TPSA) is 89.2 Å². The number of rotatable bonds is 6. The molecule has 0 aliphatic carbocycles. The summed E-state index contributed by atoms with van der Waals surface area (Å²) >= 11 is 0. The van der Waals surface area contributed by atoms with Gasteiger partial charge in [0.05, 0.1) is 6.61 Å². The highest BCUT2D eigenvalue weighted by Gasteiger charge is 2.24. The Morgan fingerprint density at radius 2 is 2.21 bits per heavy atom. The summed E-state index contributed by atoms with van der Waals surface area (Å²) < 4.78 is 5.34. The average molecular weight is 266 g/mol. The molecule has 19 heavy (non-hydrogen) atoms. The molecule has 2 rings (SSSR count). The van der Waals surface area contributed by atoms with Gasteiger partial charge in [-0.1, -0.05) is 13.3 Å². The third-order valence-electron chi connectivity index (χ3n) is 3.27. The SMILES string of the molecule is CCCC1CCN(c2nc(NN)nc(OCC)n2)C1. The van der Waals surface area contributed by atoms with Gasteiger partial charge >= 0.3 is 6.01 Å². The van der Waals surface area contributed by atoms with Crippen LogP contribution in [0.25, 0.3) is 0 Å². The summed E-state index contributed by atoms with van der Waals surface area (Å²) in [5.74, 6) is 7.09. The summed E-state index contributed by atoms with van der Waals surface area (Å²) in [6, 6.07) is 0.319. The molecule has 106 valence electrons. The van der Waals surface area contributed by atoms with Crippen molar-refractivity contribution in [2.45, 2.75) is 33.1 Å². The number of anilines is 2. The molecule has 0 amide bonds. The van der Waals surface area contributed by atoms with E-state index >= 15 is 0 Å². The van der Waals surface area contributed by atoms with Gasteiger partial charge in [0.2, 0.25) is 11.9 Å². The molecule has 0 aromatic carbocycles. The highest BCUT2D eigenvalue weighted by molar-refractivity contribution is 5.38. The lowest BCUT2D eigenvalue weighted by molar-refractivity contribution is 0.312. The van der Waals surface area contributed by atoms with Crippen molar-refractivity contribution in [1.29, 1.82) is 0 Å². The molecule has 1 aromatic rings. The first-order valence-corrected chi connectivity index (χ1v) is 6.87. The molecule has 3 N–H and O–H groups in total. The van der Waals surface area contributed by atoms with Crippen molar-refractivity contribution in [3.8, 4) is 6.01 Å². The zero-order chi connectivity index (χ0) is 13.7. The van der Waals surface area contributed by atoms with Gasteiger partial charge in [0, 0.05) is 13.1 Å². The lowest BCUT2D eigenvalue weighted by Crippen LogP contribution is -2.24. The van der Waals surface area contributed by atoms with Gasteiger partial charge in [-0.3, -0.25) is 5.43 Å². The van der Waals surface area contributed by atoms with Crippen LogP contribution in [0.5, 0.6) is 6.01 Å². The molecule has 1 saturated heterocycles. The molecule has 7 heteroatoms. The normalized spacial score (nSPS) is 18.7. The molecule has 7 nitrogen and oxygen atoms in total. The van der Waals surface area contributed by atoms with Gasteiger partial charge in [0.15, 0.2) is 0 Å². The third kappa shape index (κ3) is 3.44. The van der Waals surface area contributed by atoms with E-state index in [1.54, 1.807) is 0 Å². The molecule has 1 unspecified atom stereocenters. The summed E-state index contributed by atoms with van der Waals surface area (Å²) in [5, 5.41) is 0. The molecular formula is C12H22N6O. The molecular weight excluding hydrogens is 244 g/mol. The minimum absolute atomic E-state index is 0.319. The van der Waals surface area contributed by atoms with Crippen molar-refractivity contribution in [2.75, 3.05) is 30.0 Å². The summed E-state index contributed by atoms with van der Waals surface area (Å²) in [6.07, 6.45) is 3.66. The van der Waals surface area contributed by atoms with Gasteiger partial charge in [-0.05, 0) is 25.7 Å². The highest BCUT2D eigenvalue weighted by atomic mass is 16.5. The van der Waals surface area contributed by atoms with E-state index in [0.717, 1.165) is 19.0 Å². The summed E-state index contributed by atoms with van der Waals surface area (Å²) in [5.41, 5.74) is 2.46. The molecule has 0 radical (unpaired) electrons. The van der Waals surface area contributed by atoms with Crippen molar-refractivity contribution >= 4 is 11.9 Å². The fraction of sp³-hybridized carbons (Fsp3) is 0.750. The van der Waals surface area contributed by atoms with E-state index in [9.17, 15) is 0 Å². The maximum Gasteiger partial charge on any atom is 0.323 e. The molecule has 2 heterocycles. The van der Waals surface area contributed by atoms with Crippen LogP contribution < -0.4 is 20.9 Å². The standard InChI is InChI=1S/C12H22N6O/c1-3-5-9-6-7-18(8-9)11-14-10(17-13)15-12(16-11)19-4-2/h9H,3-8,13H2,1-2H3,(H,14,15,16,17). The number of hydrogen-bond donors (Lipinski definition) is 2. The van der Waals surface area contributed by atoms with E-state index in [-0.39, 0.29) is 0 Å². The van der Waals surface area contributed by atoms with Crippen molar-refractivity contribution in [2.24, 2.45) is 11.8 Å². The zero-order valence-corrected chi connectivity index (χ0v) is 11.6. The maximum atomic E-state index is 5.38. The number of nitrogens with two attached hydrogens (primary N) is 1. The van der Waals surface area contributed by atoms with Crippen LogP contribution in [-0.4, -0.2) is 34.6 Å². The van der Waals surface area contributed by atoms with E-state index in [0.29, 0.717) is 24.5 Å². The van der Waals surface area contributed by atoms with Crippen LogP contribution in [0.15, 0.2) is 0 Å². The number of hydrogen-bond acceptors (Lipinski definition) is 7. The molecule has 1 fully saturated rings. The molecule has 0 saturated carbocycles. The number of hydrazine groups is 1. The van der Waals surface area contributed by atoms with Gasteiger partial charge in [0.1, 0.15) is 0 Å². The Balaban J connectivity index is 2.12. The molecule has 1 atom stereocenters. The minimum atomic E-state index is 0.319. The number of aromatic nitrogens is 3. The van der Waals surface area contributed by atoms with Gasteiger partial charge in [-0.2, -0.15) is 15.0 Å². The number of nitrogens with zero attached hydrogens (tertiary/aromatic N) is 4. The first-order chi connectivity index (χ1) is 9.26. The Bertz CT molecular complexity index is 413. The molecule has 1 aromatic heterocycles. The van der Waals surface area contributed by atoms with Gasteiger partial charge < -0.3 is 9.64 Å². The fourth-order valence-electron chi connectivity index (χ4n) is 2.40. The van der Waals surface area contributed by atoms with Crippen molar-refractivity contribution in [3.63, 3.8) is 0 Å². The minimum Gasteiger partial charge on any atom is -0.464 e. The smallest absolute Gasteiger partial charge is 0.323 e. The van der Waals surface area contributed by atoms with Crippen LogP contribution in [0, 0.1) is 5.92 Å². The van der Waals surface area contributed by atoms with Crippen LogP contribution in [-0.2, 0) is 0 Å². The van der Waals surface area contributed by atoms with Gasteiger partial charge in [-0.15, -0.1) is 0 Å². The Hall–Kier alpha value is -1.63. The number of ether oxygens (including phenoxy) is 1. The predicted molar refractivity (Wildman–Crippen MR) is 74.0 cm³/mol. The molecule has 1 aliphatic heterocycles. The Labute approximate surface area is 113 Å². The van der Waals surface area contributed by atoms with E-state index in [4.69, 9.17) is 10.6 Å². The monoisotopic (exact) mass is 266 g/mol. The predicted octanol–water partition coefficient (Wildman–Crippen LogP) is 1.18. The third-order valence-corrected chi connectivity index (χ3v) is 3.27. The number of nitrogens with one attached hydrogen (secondary N) is 1. The summed E-state index contributed by atoms with van der Waals surface area (Å²) in [7, 11) is 0. The summed E-state index contributed by atoms with van der Waals surface area (Å²) in [6.45, 7) is 6.60. The van der Waals surface area contributed by atoms with Crippen LogP contribution in [0.3, 0.4) is 0 Å². The van der Waals surface area contributed by atoms with E-state index < -0.39 is 0 Å². The average Bonchev–Trinajstić information content (AvgIpc) is 2.88. The zero-order valence-electron chi connectivity index (χ0n) is 11.6. The van der Waals surface area contributed by atoms with Crippen molar-refractivity contribution < 1.29 is 4.74 Å². The van der Waals surface area contributed by atoms with Gasteiger partial charge in [0.25, 0.3) is 0 Å². The van der Waals surface area contributed by atoms with E-state index in [1.807, 2.05) is 6.92 Å². The molecule has 1 aliphatic rings. The molecule has 0 bridgehead atoms. The maximum absolute atomic E-state index is 5.38. The van der Waals surface area contributed by atoms with Crippen LogP contribution in [0.4, 0.5) is 11.9 Å². The van der Waals surface area contributed by atoms with Crippen LogP contribution in [0.1, 0.15) is 33.1 Å². The van der Waals surface area contributed by atoms with Crippen molar-refractivity contribution in [3.05, 3.63) is 0 Å².